The van der Waals surface area contributed by atoms with Gasteiger partial charge >= 0.3 is 0 Å². The lowest BCUT2D eigenvalue weighted by Crippen LogP contribution is -2.35. The van der Waals surface area contributed by atoms with Crippen molar-refractivity contribution in [3.05, 3.63) is 72.3 Å². The van der Waals surface area contributed by atoms with Crippen LogP contribution in [-0.4, -0.2) is 36.8 Å². The highest BCUT2D eigenvalue weighted by Gasteiger charge is 2.26. The zero-order valence-corrected chi connectivity index (χ0v) is 19.1. The van der Waals surface area contributed by atoms with Crippen LogP contribution in [0.5, 0.6) is 5.75 Å². The van der Waals surface area contributed by atoms with E-state index in [0.717, 1.165) is 50.2 Å². The van der Waals surface area contributed by atoms with Crippen molar-refractivity contribution >= 4 is 11.6 Å². The van der Waals surface area contributed by atoms with E-state index in [-0.39, 0.29) is 0 Å². The highest BCUT2D eigenvalue weighted by Crippen LogP contribution is 2.35. The second-order valence-electron chi connectivity index (χ2n) is 8.82. The molecule has 1 aliphatic rings. The largest absolute Gasteiger partial charge is 0.491 e. The Hall–Kier alpha value is -2.79. The van der Waals surface area contributed by atoms with Gasteiger partial charge in [0.2, 0.25) is 5.91 Å². The van der Waals surface area contributed by atoms with Crippen molar-refractivity contribution in [3.63, 3.8) is 0 Å². The fraction of sp³-hybridized carbons (Fsp3) is 0.444. The fourth-order valence-electron chi connectivity index (χ4n) is 4.42. The molecule has 5 heteroatoms. The zero-order valence-electron chi connectivity index (χ0n) is 19.1. The van der Waals surface area contributed by atoms with Crippen LogP contribution in [0.4, 0.5) is 5.69 Å². The Kier molecular flexibility index (Phi) is 8.74. The fourth-order valence-corrected chi connectivity index (χ4v) is 4.42. The van der Waals surface area contributed by atoms with Crippen LogP contribution in [-0.2, 0) is 6.42 Å². The van der Waals surface area contributed by atoms with Crippen molar-refractivity contribution in [3.8, 4) is 5.75 Å². The summed E-state index contributed by atoms with van der Waals surface area (Å²) in [4.78, 5) is 14.1. The number of ether oxygens (including phenoxy) is 1. The number of fused-ring (bicyclic) bond motifs is 1. The van der Waals surface area contributed by atoms with Crippen LogP contribution < -0.4 is 15.4 Å². The maximum Gasteiger partial charge on any atom is 0.248 e. The van der Waals surface area contributed by atoms with Gasteiger partial charge in [-0.25, -0.2) is 0 Å². The van der Waals surface area contributed by atoms with Gasteiger partial charge in [-0.2, -0.15) is 0 Å². The van der Waals surface area contributed by atoms with Gasteiger partial charge in [0.05, 0.1) is 18.4 Å². The summed E-state index contributed by atoms with van der Waals surface area (Å²) in [6, 6.07) is 16.0. The summed E-state index contributed by atoms with van der Waals surface area (Å²) in [5.41, 5.74) is 8.31. The number of primary amides is 1. The summed E-state index contributed by atoms with van der Waals surface area (Å²) >= 11 is 0. The van der Waals surface area contributed by atoms with Gasteiger partial charge in [0, 0.05) is 24.6 Å². The number of nitrogens with zero attached hydrogens (tertiary/aromatic N) is 1. The first-order chi connectivity index (χ1) is 15.5. The van der Waals surface area contributed by atoms with Crippen molar-refractivity contribution in [2.24, 2.45) is 17.6 Å². The normalized spacial score (nSPS) is 17.6. The predicted octanol–water partition coefficient (Wildman–Crippen LogP) is 4.59. The summed E-state index contributed by atoms with van der Waals surface area (Å²) < 4.78 is 6.19. The molecule has 0 saturated carbocycles. The van der Waals surface area contributed by atoms with Gasteiger partial charge in [-0.05, 0) is 55.4 Å². The molecule has 3 rings (SSSR count). The van der Waals surface area contributed by atoms with E-state index in [9.17, 15) is 9.90 Å². The van der Waals surface area contributed by atoms with E-state index in [0.29, 0.717) is 30.4 Å². The van der Waals surface area contributed by atoms with Gasteiger partial charge < -0.3 is 20.5 Å². The van der Waals surface area contributed by atoms with Crippen LogP contribution in [0, 0.1) is 11.8 Å². The molecule has 2 unspecified atom stereocenters. The molecule has 1 aliphatic heterocycles. The number of nitrogens with two attached hydrogens (primary N) is 1. The number of amides is 1. The lowest BCUT2D eigenvalue weighted by Gasteiger charge is -2.31. The number of aryl methyl sites for hydroxylation is 1. The predicted molar refractivity (Wildman–Crippen MR) is 130 cm³/mol. The SMILES string of the molecule is C=C[C@H](O)CC(CC)CN1CC(CCCc2ccccc2)COc2ccc(C(N)=O)cc21. The summed E-state index contributed by atoms with van der Waals surface area (Å²) in [6.45, 7) is 8.15. The first-order valence-corrected chi connectivity index (χ1v) is 11.7. The van der Waals surface area contributed by atoms with E-state index >= 15 is 0 Å². The molecular weight excluding hydrogens is 400 g/mol. The van der Waals surface area contributed by atoms with E-state index in [1.807, 2.05) is 18.2 Å². The Bertz CT molecular complexity index is 884. The molecule has 1 heterocycles. The molecule has 0 aromatic heterocycles. The smallest absolute Gasteiger partial charge is 0.248 e. The minimum Gasteiger partial charge on any atom is -0.491 e. The van der Waals surface area contributed by atoms with Crippen molar-refractivity contribution in [1.82, 2.24) is 0 Å². The minimum atomic E-state index is -0.513. The number of benzene rings is 2. The summed E-state index contributed by atoms with van der Waals surface area (Å²) in [7, 11) is 0. The summed E-state index contributed by atoms with van der Waals surface area (Å²) in [6.07, 6.45) is 5.92. The van der Waals surface area contributed by atoms with Gasteiger partial charge in [0.1, 0.15) is 5.75 Å². The lowest BCUT2D eigenvalue weighted by molar-refractivity contribution is 0.100. The molecule has 0 aliphatic carbocycles. The number of hydrogen-bond acceptors (Lipinski definition) is 4. The highest BCUT2D eigenvalue weighted by molar-refractivity contribution is 5.94. The van der Waals surface area contributed by atoms with E-state index in [4.69, 9.17) is 10.5 Å². The second kappa shape index (κ2) is 11.7. The maximum atomic E-state index is 11.8. The Labute approximate surface area is 191 Å². The maximum absolute atomic E-state index is 11.8. The number of anilines is 1. The van der Waals surface area contributed by atoms with Crippen molar-refractivity contribution in [2.45, 2.75) is 45.1 Å². The van der Waals surface area contributed by atoms with Crippen molar-refractivity contribution in [1.29, 1.82) is 0 Å². The van der Waals surface area contributed by atoms with Crippen LogP contribution in [0.25, 0.3) is 0 Å². The third kappa shape index (κ3) is 6.60. The molecule has 0 radical (unpaired) electrons. The molecular formula is C27H36N2O3. The summed E-state index contributed by atoms with van der Waals surface area (Å²) in [5, 5.41) is 10.1. The first kappa shape index (κ1) is 23.9. The van der Waals surface area contributed by atoms with Crippen molar-refractivity contribution in [2.75, 3.05) is 24.6 Å². The Morgan fingerprint density at radius 3 is 2.78 bits per heavy atom. The second-order valence-corrected chi connectivity index (χ2v) is 8.82. The molecule has 3 atom stereocenters. The molecule has 2 aromatic carbocycles. The van der Waals surface area contributed by atoms with Crippen LogP contribution in [0.15, 0.2) is 61.2 Å². The van der Waals surface area contributed by atoms with E-state index in [1.165, 1.54) is 5.56 Å². The molecule has 32 heavy (non-hydrogen) atoms. The topological polar surface area (TPSA) is 75.8 Å². The molecule has 2 aromatic rings. The molecule has 172 valence electrons. The monoisotopic (exact) mass is 436 g/mol. The molecule has 0 fully saturated rings. The van der Waals surface area contributed by atoms with E-state index in [1.54, 1.807) is 12.1 Å². The third-order valence-electron chi connectivity index (χ3n) is 6.36. The van der Waals surface area contributed by atoms with Crippen molar-refractivity contribution < 1.29 is 14.6 Å². The van der Waals surface area contributed by atoms with E-state index in [2.05, 4.69) is 42.7 Å². The third-order valence-corrected chi connectivity index (χ3v) is 6.36. The Morgan fingerprint density at radius 2 is 2.09 bits per heavy atom. The number of aliphatic hydroxyl groups excluding tert-OH is 1. The Morgan fingerprint density at radius 1 is 1.31 bits per heavy atom. The van der Waals surface area contributed by atoms with Crippen LogP contribution in [0.1, 0.15) is 48.5 Å². The number of carbonyl (C=O) groups excluding carboxylic acids is 1. The Balaban J connectivity index is 1.75. The van der Waals surface area contributed by atoms with Gasteiger partial charge in [0.15, 0.2) is 0 Å². The highest BCUT2D eigenvalue weighted by atomic mass is 16.5. The number of hydrogen-bond donors (Lipinski definition) is 2. The van der Waals surface area contributed by atoms with Crippen LogP contribution in [0.2, 0.25) is 0 Å². The van der Waals surface area contributed by atoms with Gasteiger partial charge in [-0.1, -0.05) is 49.8 Å². The van der Waals surface area contributed by atoms with Gasteiger partial charge in [0.25, 0.3) is 0 Å². The number of aliphatic hydroxyl groups is 1. The quantitative estimate of drug-likeness (QED) is 0.505. The van der Waals surface area contributed by atoms with Gasteiger partial charge in [-0.15, -0.1) is 6.58 Å². The standard InChI is InChI=1S/C27H36N2O3/c1-3-20(15-24(30)4-2)17-29-18-22(12-8-11-21-9-6-5-7-10-21)19-32-26-14-13-23(27(28)31)16-25(26)29/h4-7,9-10,13-14,16,20,22,24,30H,2-3,8,11-12,15,17-19H2,1H3,(H2,28,31)/t20?,22?,24-/m0/s1. The molecule has 0 bridgehead atoms. The van der Waals surface area contributed by atoms with E-state index < -0.39 is 12.0 Å². The molecule has 0 saturated heterocycles. The molecule has 3 N–H and O–H groups in total. The average molecular weight is 437 g/mol. The summed E-state index contributed by atoms with van der Waals surface area (Å²) in [5.74, 6) is 1.03. The first-order valence-electron chi connectivity index (χ1n) is 11.7. The number of rotatable bonds is 11. The zero-order chi connectivity index (χ0) is 22.9. The number of carbonyl (C=O) groups is 1. The van der Waals surface area contributed by atoms with Gasteiger partial charge in [-0.3, -0.25) is 4.79 Å². The lowest BCUT2D eigenvalue weighted by atomic mass is 9.95. The van der Waals surface area contributed by atoms with Crippen LogP contribution >= 0.6 is 0 Å². The molecule has 0 spiro atoms. The average Bonchev–Trinajstić information content (AvgIpc) is 2.98. The molecule has 5 nitrogen and oxygen atoms in total. The molecule has 1 amide bonds. The minimum absolute atomic E-state index is 0.302. The van der Waals surface area contributed by atoms with Crippen LogP contribution in [0.3, 0.4) is 0 Å².